The van der Waals surface area contributed by atoms with Crippen LogP contribution in [0.25, 0.3) is 21.9 Å². The van der Waals surface area contributed by atoms with E-state index in [1.165, 1.54) is 3.97 Å². The fraction of sp³-hybridized carbons (Fsp3) is 0.385. The highest BCUT2D eigenvalue weighted by Gasteiger charge is 2.28. The quantitative estimate of drug-likeness (QED) is 0.347. The lowest BCUT2D eigenvalue weighted by atomic mass is 10.0. The van der Waals surface area contributed by atoms with Crippen molar-refractivity contribution in [2.24, 2.45) is 5.92 Å². The maximum absolute atomic E-state index is 13.8. The molecule has 0 spiro atoms. The molecule has 3 heterocycles. The molecule has 0 aliphatic carbocycles. The summed E-state index contributed by atoms with van der Waals surface area (Å²) < 4.78 is 45.7. The van der Waals surface area contributed by atoms with Crippen LogP contribution < -0.4 is 4.74 Å². The zero-order valence-electron chi connectivity index (χ0n) is 19.7. The minimum absolute atomic E-state index is 0.0514. The summed E-state index contributed by atoms with van der Waals surface area (Å²) in [5, 5.41) is 0.694. The van der Waals surface area contributed by atoms with Gasteiger partial charge in [-0.3, -0.25) is 4.98 Å². The van der Waals surface area contributed by atoms with Crippen LogP contribution in [0.1, 0.15) is 24.2 Å². The van der Waals surface area contributed by atoms with Crippen molar-refractivity contribution in [1.82, 2.24) is 13.9 Å². The van der Waals surface area contributed by atoms with Crippen molar-refractivity contribution in [2.75, 3.05) is 32.7 Å². The number of imidazole rings is 1. The molecule has 4 aromatic rings. The SMILES string of the molecule is COCCc1nc2cnc3ccc(OCc4ccccc4)cc3c2n1S(=O)(=O)CC1CCOCC1. The molecule has 0 atom stereocenters. The summed E-state index contributed by atoms with van der Waals surface area (Å²) in [5.74, 6) is 1.21. The molecule has 1 saturated heterocycles. The number of hydrogen-bond donors (Lipinski definition) is 0. The van der Waals surface area contributed by atoms with E-state index in [2.05, 4.69) is 9.97 Å². The molecule has 0 unspecified atom stereocenters. The van der Waals surface area contributed by atoms with Gasteiger partial charge in [-0.25, -0.2) is 17.4 Å². The van der Waals surface area contributed by atoms with E-state index in [1.54, 1.807) is 13.3 Å². The molecule has 35 heavy (non-hydrogen) atoms. The molecule has 184 valence electrons. The third-order valence-corrected chi connectivity index (χ3v) is 8.16. The second-order valence-electron chi connectivity index (χ2n) is 8.81. The van der Waals surface area contributed by atoms with Crippen LogP contribution >= 0.6 is 0 Å². The van der Waals surface area contributed by atoms with Gasteiger partial charge in [-0.05, 0) is 42.5 Å². The molecule has 0 N–H and O–H groups in total. The van der Waals surface area contributed by atoms with Crippen LogP contribution in [0.5, 0.6) is 5.75 Å². The molecule has 0 radical (unpaired) electrons. The van der Waals surface area contributed by atoms with Gasteiger partial charge in [0.1, 0.15) is 23.7 Å². The standard InChI is InChI=1S/C26H29N3O5S/c1-32-12-11-25-28-24-16-27-23-8-7-21(34-17-19-5-3-2-4-6-19)15-22(23)26(24)29(25)35(30,31)18-20-9-13-33-14-10-20/h2-8,15-16,20H,9-14,17-18H2,1H3. The first-order chi connectivity index (χ1) is 17.0. The Labute approximate surface area is 204 Å². The Morgan fingerprint density at radius 1 is 1.09 bits per heavy atom. The average Bonchev–Trinajstić information content (AvgIpc) is 3.27. The van der Waals surface area contributed by atoms with Crippen molar-refractivity contribution in [2.45, 2.75) is 25.9 Å². The second kappa shape index (κ2) is 10.3. The van der Waals surface area contributed by atoms with Crippen molar-refractivity contribution in [3.8, 4) is 5.75 Å². The smallest absolute Gasteiger partial charge is 0.240 e. The molecule has 1 fully saturated rings. The monoisotopic (exact) mass is 495 g/mol. The fourth-order valence-electron chi connectivity index (χ4n) is 4.52. The number of benzene rings is 2. The summed E-state index contributed by atoms with van der Waals surface area (Å²) in [6, 6.07) is 15.5. The van der Waals surface area contributed by atoms with Crippen molar-refractivity contribution in [3.05, 3.63) is 66.1 Å². The Balaban J connectivity index is 1.59. The van der Waals surface area contributed by atoms with Gasteiger partial charge in [0.15, 0.2) is 0 Å². The number of aromatic nitrogens is 3. The molecular weight excluding hydrogens is 466 g/mol. The number of ether oxygens (including phenoxy) is 3. The van der Waals surface area contributed by atoms with Gasteiger partial charge >= 0.3 is 0 Å². The lowest BCUT2D eigenvalue weighted by Crippen LogP contribution is -2.28. The van der Waals surface area contributed by atoms with Gasteiger partial charge in [-0.1, -0.05) is 30.3 Å². The summed E-state index contributed by atoms with van der Waals surface area (Å²) in [6.45, 7) is 1.97. The number of hydrogen-bond acceptors (Lipinski definition) is 7. The first-order valence-corrected chi connectivity index (χ1v) is 13.4. The van der Waals surface area contributed by atoms with Gasteiger partial charge in [-0.2, -0.15) is 0 Å². The molecule has 0 amide bonds. The molecule has 1 aliphatic rings. The number of nitrogens with zero attached hydrogens (tertiary/aromatic N) is 3. The Morgan fingerprint density at radius 2 is 1.89 bits per heavy atom. The lowest BCUT2D eigenvalue weighted by Gasteiger charge is -2.22. The largest absolute Gasteiger partial charge is 0.489 e. The van der Waals surface area contributed by atoms with Crippen LogP contribution in [0.3, 0.4) is 0 Å². The first-order valence-electron chi connectivity index (χ1n) is 11.8. The van der Waals surface area contributed by atoms with Crippen molar-refractivity contribution in [3.63, 3.8) is 0 Å². The summed E-state index contributed by atoms with van der Waals surface area (Å²) >= 11 is 0. The average molecular weight is 496 g/mol. The Bertz CT molecular complexity index is 1410. The van der Waals surface area contributed by atoms with Crippen LogP contribution in [0.2, 0.25) is 0 Å². The third-order valence-electron chi connectivity index (χ3n) is 6.32. The fourth-order valence-corrected chi connectivity index (χ4v) is 6.52. The zero-order chi connectivity index (χ0) is 24.3. The van der Waals surface area contributed by atoms with E-state index >= 15 is 0 Å². The van der Waals surface area contributed by atoms with Gasteiger partial charge in [-0.15, -0.1) is 0 Å². The van der Waals surface area contributed by atoms with E-state index in [9.17, 15) is 8.42 Å². The van der Waals surface area contributed by atoms with Crippen LogP contribution in [-0.4, -0.2) is 55.0 Å². The van der Waals surface area contributed by atoms with Gasteiger partial charge in [0, 0.05) is 32.1 Å². The van der Waals surface area contributed by atoms with E-state index in [0.717, 1.165) is 18.4 Å². The van der Waals surface area contributed by atoms with Crippen molar-refractivity contribution in [1.29, 1.82) is 0 Å². The molecule has 2 aromatic heterocycles. The van der Waals surface area contributed by atoms with Crippen LogP contribution in [0.15, 0.2) is 54.7 Å². The molecule has 0 bridgehead atoms. The van der Waals surface area contributed by atoms with Crippen molar-refractivity contribution >= 4 is 32.0 Å². The van der Waals surface area contributed by atoms with Crippen LogP contribution in [0, 0.1) is 5.92 Å². The molecule has 9 heteroatoms. The predicted octanol–water partition coefficient (Wildman–Crippen LogP) is 3.96. The highest BCUT2D eigenvalue weighted by Crippen LogP contribution is 2.31. The number of fused-ring (bicyclic) bond motifs is 3. The number of pyridine rings is 1. The molecule has 2 aromatic carbocycles. The highest BCUT2D eigenvalue weighted by molar-refractivity contribution is 7.90. The lowest BCUT2D eigenvalue weighted by molar-refractivity contribution is 0.0723. The summed E-state index contributed by atoms with van der Waals surface area (Å²) in [7, 11) is -2.10. The van der Waals surface area contributed by atoms with Crippen molar-refractivity contribution < 1.29 is 22.6 Å². The van der Waals surface area contributed by atoms with E-state index < -0.39 is 10.0 Å². The van der Waals surface area contributed by atoms with Gasteiger partial charge in [0.2, 0.25) is 10.0 Å². The summed E-state index contributed by atoms with van der Waals surface area (Å²) in [5.41, 5.74) is 2.82. The second-order valence-corrected chi connectivity index (χ2v) is 10.7. The maximum Gasteiger partial charge on any atom is 0.240 e. The Hall–Kier alpha value is -3.01. The van der Waals surface area contributed by atoms with Gasteiger partial charge in [0.05, 0.1) is 29.6 Å². The zero-order valence-corrected chi connectivity index (χ0v) is 20.5. The third kappa shape index (κ3) is 5.17. The Kier molecular flexibility index (Phi) is 6.99. The van der Waals surface area contributed by atoms with E-state index in [0.29, 0.717) is 66.4 Å². The summed E-state index contributed by atoms with van der Waals surface area (Å²) in [6.07, 6.45) is 3.49. The van der Waals surface area contributed by atoms with Crippen LogP contribution in [-0.2, 0) is 32.5 Å². The van der Waals surface area contributed by atoms with Gasteiger partial charge < -0.3 is 14.2 Å². The van der Waals surface area contributed by atoms with Crippen LogP contribution in [0.4, 0.5) is 0 Å². The van der Waals surface area contributed by atoms with E-state index in [-0.39, 0.29) is 11.7 Å². The predicted molar refractivity (Wildman–Crippen MR) is 134 cm³/mol. The first kappa shape index (κ1) is 23.7. The normalized spacial score (nSPS) is 15.1. The molecule has 1 aliphatic heterocycles. The minimum Gasteiger partial charge on any atom is -0.489 e. The van der Waals surface area contributed by atoms with E-state index in [1.807, 2.05) is 48.5 Å². The molecule has 5 rings (SSSR count). The molecule has 8 nitrogen and oxygen atoms in total. The number of methoxy groups -OCH3 is 1. The number of rotatable bonds is 9. The Morgan fingerprint density at radius 3 is 2.66 bits per heavy atom. The topological polar surface area (TPSA) is 92.5 Å². The van der Waals surface area contributed by atoms with E-state index in [4.69, 9.17) is 14.2 Å². The molecule has 0 saturated carbocycles. The molecular formula is C26H29N3O5S. The summed E-state index contributed by atoms with van der Waals surface area (Å²) in [4.78, 5) is 9.19. The maximum atomic E-state index is 13.8. The highest BCUT2D eigenvalue weighted by atomic mass is 32.2. The minimum atomic E-state index is -3.69. The van der Waals surface area contributed by atoms with Gasteiger partial charge in [0.25, 0.3) is 0 Å².